The topological polar surface area (TPSA) is 175 Å². The van der Waals surface area contributed by atoms with Crippen molar-refractivity contribution in [1.29, 1.82) is 0 Å². The number of carbonyl (C=O) groups excluding carboxylic acids is 4. The lowest BCUT2D eigenvalue weighted by Crippen LogP contribution is -2.50. The van der Waals surface area contributed by atoms with Gasteiger partial charge in [0.25, 0.3) is 0 Å². The number of alkyl carbamates (subject to hydrolysis) is 2. The molecule has 3 atom stereocenters. The summed E-state index contributed by atoms with van der Waals surface area (Å²) in [6.07, 6.45) is 2.19. The van der Waals surface area contributed by atoms with Gasteiger partial charge in [0, 0.05) is 19.7 Å². The van der Waals surface area contributed by atoms with Gasteiger partial charge in [0.2, 0.25) is 11.8 Å². The van der Waals surface area contributed by atoms with Gasteiger partial charge in [-0.05, 0) is 59.4 Å². The Bertz CT molecular complexity index is 2090. The molecule has 0 aliphatic heterocycles. The molecule has 0 unspecified atom stereocenters. The first-order valence-corrected chi connectivity index (χ1v) is 17.2. The summed E-state index contributed by atoms with van der Waals surface area (Å²) in [4.78, 5) is 67.8. The van der Waals surface area contributed by atoms with Crippen molar-refractivity contribution in [2.24, 2.45) is 5.92 Å². The maximum Gasteiger partial charge on any atom is 0.407 e. The lowest BCUT2D eigenvalue weighted by molar-refractivity contribution is -0.135. The average molecular weight is 723 g/mol. The summed E-state index contributed by atoms with van der Waals surface area (Å²) in [6, 6.07) is 19.3. The number of aromatic amines is 2. The highest BCUT2D eigenvalue weighted by Crippen LogP contribution is 2.31. The molecule has 0 aliphatic rings. The Labute approximate surface area is 308 Å². The number of rotatable bonds is 12. The third-order valence-corrected chi connectivity index (χ3v) is 9.53. The van der Waals surface area contributed by atoms with Gasteiger partial charge in [-0.25, -0.2) is 19.6 Å². The first-order valence-electron chi connectivity index (χ1n) is 17.2. The van der Waals surface area contributed by atoms with Crippen LogP contribution >= 0.6 is 0 Å². The number of ether oxygens (including phenoxy) is 2. The molecule has 3 aromatic carbocycles. The fourth-order valence-electron chi connectivity index (χ4n) is 5.86. The molecular weight excluding hydrogens is 676 g/mol. The van der Waals surface area contributed by atoms with Gasteiger partial charge >= 0.3 is 12.2 Å². The van der Waals surface area contributed by atoms with Crippen molar-refractivity contribution in [2.45, 2.75) is 45.8 Å². The highest BCUT2D eigenvalue weighted by molar-refractivity contribution is 5.91. The van der Waals surface area contributed by atoms with E-state index >= 15 is 0 Å². The summed E-state index contributed by atoms with van der Waals surface area (Å²) in [7, 11) is 5.87. The fraction of sp³-hybridized carbons (Fsp3) is 0.333. The van der Waals surface area contributed by atoms with Crippen LogP contribution in [0.5, 0.6) is 0 Å². The van der Waals surface area contributed by atoms with Crippen LogP contribution in [0.15, 0.2) is 73.1 Å². The minimum Gasteiger partial charge on any atom is -0.453 e. The molecule has 0 bridgehead atoms. The van der Waals surface area contributed by atoms with Crippen LogP contribution in [-0.2, 0) is 19.1 Å². The van der Waals surface area contributed by atoms with Gasteiger partial charge < -0.3 is 39.9 Å². The highest BCUT2D eigenvalue weighted by Gasteiger charge is 2.31. The number of nitrogens with zero attached hydrogens (tertiary/aromatic N) is 4. The van der Waals surface area contributed by atoms with Crippen molar-refractivity contribution in [3.63, 3.8) is 0 Å². The summed E-state index contributed by atoms with van der Waals surface area (Å²) < 4.78 is 9.23. The summed E-state index contributed by atoms with van der Waals surface area (Å²) >= 11 is 0. The molecule has 0 saturated carbocycles. The summed E-state index contributed by atoms with van der Waals surface area (Å²) in [5.74, 6) is 0.607. The summed E-state index contributed by atoms with van der Waals surface area (Å²) in [5.41, 5.74) is 5.69. The Kier molecular flexibility index (Phi) is 11.8. The number of amides is 4. The Balaban J connectivity index is 1.25. The molecule has 5 aromatic rings. The van der Waals surface area contributed by atoms with E-state index in [2.05, 4.69) is 77.8 Å². The van der Waals surface area contributed by atoms with Crippen molar-refractivity contribution >= 4 is 34.8 Å². The number of carbonyl (C=O) groups is 4. The third kappa shape index (κ3) is 8.66. The van der Waals surface area contributed by atoms with Gasteiger partial charge in [-0.2, -0.15) is 0 Å². The molecule has 0 aliphatic carbocycles. The number of benzene rings is 3. The van der Waals surface area contributed by atoms with Crippen molar-refractivity contribution < 1.29 is 28.7 Å². The summed E-state index contributed by atoms with van der Waals surface area (Å²) in [5, 5.41) is 7.18. The van der Waals surface area contributed by atoms with E-state index in [1.54, 1.807) is 31.4 Å². The number of fused-ring (bicyclic) bond motifs is 1. The average Bonchev–Trinajstić information content (AvgIpc) is 3.88. The van der Waals surface area contributed by atoms with Gasteiger partial charge in [-0.1, -0.05) is 62.4 Å². The lowest BCUT2D eigenvalue weighted by atomic mass is 9.98. The van der Waals surface area contributed by atoms with Gasteiger partial charge in [0.15, 0.2) is 0 Å². The Hall–Kier alpha value is -6.18. The molecule has 14 nitrogen and oxygen atoms in total. The number of imidazole rings is 2. The molecule has 0 saturated heterocycles. The van der Waals surface area contributed by atoms with Gasteiger partial charge in [0.05, 0.1) is 50.1 Å². The first-order chi connectivity index (χ1) is 25.3. The van der Waals surface area contributed by atoms with Crippen LogP contribution in [-0.4, -0.2) is 94.6 Å². The molecule has 5 rings (SSSR count). The van der Waals surface area contributed by atoms with E-state index in [0.29, 0.717) is 11.6 Å². The minimum absolute atomic E-state index is 0.134. The molecule has 0 spiro atoms. The second-order valence-corrected chi connectivity index (χ2v) is 13.2. The zero-order chi connectivity index (χ0) is 38.4. The van der Waals surface area contributed by atoms with Crippen molar-refractivity contribution in [1.82, 2.24) is 40.4 Å². The van der Waals surface area contributed by atoms with Crippen LogP contribution in [0.4, 0.5) is 9.59 Å². The molecule has 278 valence electrons. The standard InChI is InChI=1S/C39H46N8O6/c1-22(2)34(45-39(51)53-8)37(49)47(6)24(4)36-41-20-32(44-36)30-16-15-28-17-27(13-14-29(28)18-30)25-9-11-26(12-10-25)31-19-40-35(43-31)23(3)46(5)33(48)21-42-38(50)52-7/h9-20,22-24,34H,21H2,1-8H3,(H,40,43)(H,41,44)(H,42,50)(H,45,51)/t23-,24-,34-/m0/s1. The van der Waals surface area contributed by atoms with Gasteiger partial charge in [-0.3, -0.25) is 9.59 Å². The molecule has 4 N–H and O–H groups in total. The predicted octanol–water partition coefficient (Wildman–Crippen LogP) is 6.06. The minimum atomic E-state index is -0.733. The molecule has 0 radical (unpaired) electrons. The molecule has 4 amide bonds. The number of nitrogens with one attached hydrogen (secondary N) is 4. The van der Waals surface area contributed by atoms with E-state index in [1.807, 2.05) is 45.9 Å². The van der Waals surface area contributed by atoms with Gasteiger partial charge in [-0.15, -0.1) is 0 Å². The summed E-state index contributed by atoms with van der Waals surface area (Å²) in [6.45, 7) is 7.30. The van der Waals surface area contributed by atoms with E-state index in [-0.39, 0.29) is 36.4 Å². The van der Waals surface area contributed by atoms with Crippen LogP contribution in [0, 0.1) is 5.92 Å². The molecule has 0 fully saturated rings. The maximum absolute atomic E-state index is 13.3. The third-order valence-electron chi connectivity index (χ3n) is 9.53. The van der Waals surface area contributed by atoms with E-state index < -0.39 is 18.2 Å². The van der Waals surface area contributed by atoms with E-state index in [1.165, 1.54) is 19.1 Å². The van der Waals surface area contributed by atoms with Gasteiger partial charge in [0.1, 0.15) is 24.2 Å². The van der Waals surface area contributed by atoms with Crippen LogP contribution in [0.2, 0.25) is 0 Å². The number of methoxy groups -OCH3 is 2. The number of hydrogen-bond donors (Lipinski definition) is 4. The highest BCUT2D eigenvalue weighted by atomic mass is 16.5. The Morgan fingerprint density at radius 3 is 1.74 bits per heavy atom. The number of hydrogen-bond acceptors (Lipinski definition) is 8. The smallest absolute Gasteiger partial charge is 0.407 e. The fourth-order valence-corrected chi connectivity index (χ4v) is 5.86. The molecule has 14 heteroatoms. The van der Waals surface area contributed by atoms with Crippen LogP contribution < -0.4 is 10.6 Å². The molecular formula is C39H46N8O6. The largest absolute Gasteiger partial charge is 0.453 e. The lowest BCUT2D eigenvalue weighted by Gasteiger charge is -2.30. The molecule has 53 heavy (non-hydrogen) atoms. The Morgan fingerprint density at radius 2 is 1.17 bits per heavy atom. The SMILES string of the molecule is COC(=O)NCC(=O)N(C)[C@@H](C)c1ncc(-c2ccc(-c3ccc4cc(-c5cnc([C@H](C)N(C)C(=O)[C@@H](NC(=O)OC)C(C)C)[nH]5)ccc4c3)cc2)[nH]1. The van der Waals surface area contributed by atoms with E-state index in [4.69, 9.17) is 4.74 Å². The Morgan fingerprint density at radius 1 is 0.679 bits per heavy atom. The normalized spacial score (nSPS) is 12.8. The van der Waals surface area contributed by atoms with Crippen molar-refractivity contribution in [3.05, 3.63) is 84.7 Å². The second-order valence-electron chi connectivity index (χ2n) is 13.2. The molecule has 2 aromatic heterocycles. The van der Waals surface area contributed by atoms with Crippen molar-refractivity contribution in [3.8, 4) is 33.6 Å². The number of likely N-dealkylation sites (N-methyl/N-ethyl adjacent to an activating group) is 2. The van der Waals surface area contributed by atoms with E-state index in [9.17, 15) is 19.2 Å². The van der Waals surface area contributed by atoms with Crippen LogP contribution in [0.25, 0.3) is 44.4 Å². The molecule has 2 heterocycles. The van der Waals surface area contributed by atoms with E-state index in [0.717, 1.165) is 44.4 Å². The predicted molar refractivity (Wildman–Crippen MR) is 201 cm³/mol. The quantitative estimate of drug-likeness (QED) is 0.120. The zero-order valence-corrected chi connectivity index (χ0v) is 31.2. The number of aromatic nitrogens is 4. The second kappa shape index (κ2) is 16.4. The maximum atomic E-state index is 13.3. The zero-order valence-electron chi connectivity index (χ0n) is 31.2. The van der Waals surface area contributed by atoms with Crippen LogP contribution in [0.3, 0.4) is 0 Å². The monoisotopic (exact) mass is 722 g/mol. The first kappa shape index (κ1) is 38.1. The van der Waals surface area contributed by atoms with Crippen LogP contribution in [0.1, 0.15) is 51.4 Å². The number of H-pyrrole nitrogens is 2. The van der Waals surface area contributed by atoms with Crippen molar-refractivity contribution in [2.75, 3.05) is 34.9 Å².